The lowest BCUT2D eigenvalue weighted by Gasteiger charge is -2.14. The monoisotopic (exact) mass is 305 g/mol. The molecule has 88 valence electrons. The summed E-state index contributed by atoms with van der Waals surface area (Å²) in [6.45, 7) is 4.18. The molecule has 2 atom stereocenters. The van der Waals surface area contributed by atoms with Crippen molar-refractivity contribution in [2.24, 2.45) is 5.92 Å². The van der Waals surface area contributed by atoms with Crippen LogP contribution >= 0.6 is 27.5 Å². The van der Waals surface area contributed by atoms with Gasteiger partial charge in [0.1, 0.15) is 0 Å². The van der Waals surface area contributed by atoms with Gasteiger partial charge < -0.3 is 0 Å². The summed E-state index contributed by atoms with van der Waals surface area (Å²) in [6.07, 6.45) is 0.809. The number of benzene rings is 1. The molecule has 5 heteroatoms. The van der Waals surface area contributed by atoms with Crippen molar-refractivity contribution in [2.75, 3.05) is 0 Å². The molecular weight excluding hydrogens is 293 g/mol. The van der Waals surface area contributed by atoms with Gasteiger partial charge in [-0.1, -0.05) is 47.4 Å². The molecule has 0 bridgehead atoms. The van der Waals surface area contributed by atoms with E-state index >= 15 is 0 Å². The average Bonchev–Trinajstić information content (AvgIpc) is 2.20. The van der Waals surface area contributed by atoms with Gasteiger partial charge in [-0.05, 0) is 17.9 Å². The van der Waals surface area contributed by atoms with E-state index in [-0.39, 0.29) is 5.69 Å². The lowest BCUT2D eigenvalue weighted by molar-refractivity contribution is -0.384. The van der Waals surface area contributed by atoms with Crippen LogP contribution in [0.5, 0.6) is 0 Å². The molecule has 0 amide bonds. The summed E-state index contributed by atoms with van der Waals surface area (Å²) in [5, 5.41) is 11.0. The third-order valence-corrected chi connectivity index (χ3v) is 3.83. The zero-order chi connectivity index (χ0) is 12.3. The van der Waals surface area contributed by atoms with E-state index < -0.39 is 4.92 Å². The molecule has 0 fully saturated rings. The first-order valence-corrected chi connectivity index (χ1v) is 6.28. The van der Waals surface area contributed by atoms with Crippen LogP contribution in [0.1, 0.15) is 19.4 Å². The second-order valence-electron chi connectivity index (χ2n) is 3.89. The highest BCUT2D eigenvalue weighted by atomic mass is 79.9. The van der Waals surface area contributed by atoms with Crippen molar-refractivity contribution in [1.29, 1.82) is 0 Å². The number of nitro groups is 1. The molecule has 1 aromatic carbocycles. The minimum absolute atomic E-state index is 0.0355. The lowest BCUT2D eigenvalue weighted by atomic mass is 9.98. The Balaban J connectivity index is 2.87. The highest BCUT2D eigenvalue weighted by molar-refractivity contribution is 9.09. The summed E-state index contributed by atoms with van der Waals surface area (Å²) in [6, 6.07) is 4.63. The second-order valence-corrected chi connectivity index (χ2v) is 5.74. The molecule has 1 rings (SSSR count). The highest BCUT2D eigenvalue weighted by Gasteiger charge is 2.14. The normalized spacial score (nSPS) is 14.5. The average molecular weight is 307 g/mol. The van der Waals surface area contributed by atoms with Gasteiger partial charge in [-0.2, -0.15) is 0 Å². The van der Waals surface area contributed by atoms with E-state index in [1.54, 1.807) is 6.07 Å². The standard InChI is InChI=1S/C11H13BrClNO2/c1-7(8(2)12)5-9-3-4-10(14(15)16)6-11(9)13/h3-4,6-8H,5H2,1-2H3. The van der Waals surface area contributed by atoms with Crippen LogP contribution in [0.3, 0.4) is 0 Å². The van der Waals surface area contributed by atoms with Crippen LogP contribution < -0.4 is 0 Å². The Labute approximate surface area is 108 Å². The molecule has 1 aromatic rings. The maximum Gasteiger partial charge on any atom is 0.270 e. The molecule has 0 aromatic heterocycles. The van der Waals surface area contributed by atoms with Crippen molar-refractivity contribution in [1.82, 2.24) is 0 Å². The zero-order valence-corrected chi connectivity index (χ0v) is 11.5. The van der Waals surface area contributed by atoms with Crippen molar-refractivity contribution in [2.45, 2.75) is 25.1 Å². The van der Waals surface area contributed by atoms with Crippen LogP contribution in [0, 0.1) is 16.0 Å². The summed E-state index contributed by atoms with van der Waals surface area (Å²) in [5.41, 5.74) is 0.986. The summed E-state index contributed by atoms with van der Waals surface area (Å²) >= 11 is 9.51. The molecule has 0 N–H and O–H groups in total. The minimum Gasteiger partial charge on any atom is -0.258 e. The van der Waals surface area contributed by atoms with Crippen LogP contribution in [0.15, 0.2) is 18.2 Å². The van der Waals surface area contributed by atoms with Crippen LogP contribution in [-0.4, -0.2) is 9.75 Å². The maximum atomic E-state index is 10.5. The van der Waals surface area contributed by atoms with Gasteiger partial charge in [-0.3, -0.25) is 10.1 Å². The first kappa shape index (κ1) is 13.5. The van der Waals surface area contributed by atoms with Crippen molar-refractivity contribution >= 4 is 33.2 Å². The first-order valence-electron chi connectivity index (χ1n) is 4.98. The number of nitro benzene ring substituents is 1. The SMILES string of the molecule is CC(Br)C(C)Cc1ccc([N+](=O)[O-])cc1Cl. The fourth-order valence-electron chi connectivity index (χ4n) is 1.32. The first-order chi connectivity index (χ1) is 7.41. The van der Waals surface area contributed by atoms with Gasteiger partial charge in [0.15, 0.2) is 0 Å². The summed E-state index contributed by atoms with van der Waals surface area (Å²) in [4.78, 5) is 10.5. The van der Waals surface area contributed by atoms with E-state index in [0.29, 0.717) is 15.8 Å². The molecular formula is C11H13BrClNO2. The summed E-state index contributed by atoms with van der Waals surface area (Å²) in [5.74, 6) is 0.430. The van der Waals surface area contributed by atoms with Crippen LogP contribution in [0.4, 0.5) is 5.69 Å². The van der Waals surface area contributed by atoms with Crippen molar-refractivity contribution < 1.29 is 4.92 Å². The number of alkyl halides is 1. The predicted molar refractivity (Wildman–Crippen MR) is 69.4 cm³/mol. The third-order valence-electron chi connectivity index (χ3n) is 2.57. The molecule has 0 radical (unpaired) electrons. The predicted octanol–water partition coefficient (Wildman–Crippen LogP) is 4.21. The Morgan fingerprint density at radius 1 is 1.50 bits per heavy atom. The molecule has 0 saturated heterocycles. The largest absolute Gasteiger partial charge is 0.270 e. The molecule has 2 unspecified atom stereocenters. The maximum absolute atomic E-state index is 10.5. The van der Waals surface area contributed by atoms with Gasteiger partial charge in [-0.25, -0.2) is 0 Å². The Hall–Kier alpha value is -0.610. The van der Waals surface area contributed by atoms with Gasteiger partial charge in [0.2, 0.25) is 0 Å². The molecule has 0 saturated carbocycles. The van der Waals surface area contributed by atoms with Crippen molar-refractivity contribution in [3.63, 3.8) is 0 Å². The molecule has 3 nitrogen and oxygen atoms in total. The van der Waals surface area contributed by atoms with Crippen molar-refractivity contribution in [3.05, 3.63) is 38.9 Å². The van der Waals surface area contributed by atoms with Crippen LogP contribution in [0.25, 0.3) is 0 Å². The topological polar surface area (TPSA) is 43.1 Å². The van der Waals surface area contributed by atoms with Crippen LogP contribution in [-0.2, 0) is 6.42 Å². The Kier molecular flexibility index (Phi) is 4.74. The van der Waals surface area contributed by atoms with E-state index in [2.05, 4.69) is 29.8 Å². The van der Waals surface area contributed by atoms with Gasteiger partial charge >= 0.3 is 0 Å². The highest BCUT2D eigenvalue weighted by Crippen LogP contribution is 2.26. The summed E-state index contributed by atoms with van der Waals surface area (Å²) in [7, 11) is 0. The number of halogens is 2. The summed E-state index contributed by atoms with van der Waals surface area (Å²) < 4.78 is 0. The number of rotatable bonds is 4. The lowest BCUT2D eigenvalue weighted by Crippen LogP contribution is -2.10. The Morgan fingerprint density at radius 3 is 2.56 bits per heavy atom. The number of hydrogen-bond donors (Lipinski definition) is 0. The van der Waals surface area contributed by atoms with Crippen LogP contribution in [0.2, 0.25) is 5.02 Å². The number of non-ortho nitro benzene ring substituents is 1. The van der Waals surface area contributed by atoms with E-state index in [9.17, 15) is 10.1 Å². The number of hydrogen-bond acceptors (Lipinski definition) is 2. The molecule has 16 heavy (non-hydrogen) atoms. The van der Waals surface area contributed by atoms with Crippen molar-refractivity contribution in [3.8, 4) is 0 Å². The molecule has 0 aliphatic heterocycles. The quantitative estimate of drug-likeness (QED) is 0.475. The molecule has 0 aliphatic rings. The van der Waals surface area contributed by atoms with Gasteiger partial charge in [0.25, 0.3) is 5.69 Å². The molecule has 0 heterocycles. The van der Waals surface area contributed by atoms with E-state index in [4.69, 9.17) is 11.6 Å². The van der Waals surface area contributed by atoms with Gasteiger partial charge in [-0.15, -0.1) is 0 Å². The third kappa shape index (κ3) is 3.46. The molecule has 0 aliphatic carbocycles. The van der Waals surface area contributed by atoms with E-state index in [1.807, 2.05) is 0 Å². The van der Waals surface area contributed by atoms with E-state index in [0.717, 1.165) is 12.0 Å². The number of nitrogens with zero attached hydrogens (tertiary/aromatic N) is 1. The zero-order valence-electron chi connectivity index (χ0n) is 9.11. The smallest absolute Gasteiger partial charge is 0.258 e. The van der Waals surface area contributed by atoms with E-state index in [1.165, 1.54) is 12.1 Å². The second kappa shape index (κ2) is 5.64. The minimum atomic E-state index is -0.438. The Bertz CT molecular complexity index is 396. The van der Waals surface area contributed by atoms with Gasteiger partial charge in [0.05, 0.1) is 9.95 Å². The Morgan fingerprint density at radius 2 is 2.12 bits per heavy atom. The fraction of sp³-hybridized carbons (Fsp3) is 0.455. The fourth-order valence-corrected chi connectivity index (χ4v) is 1.76. The molecule has 0 spiro atoms. The van der Waals surface area contributed by atoms with Gasteiger partial charge in [0, 0.05) is 17.0 Å².